The Bertz CT molecular complexity index is 762. The molecule has 3 rings (SSSR count). The number of nitrogens with one attached hydrogen (secondary N) is 2. The highest BCUT2D eigenvalue weighted by molar-refractivity contribution is 6.30. The number of hydrogen-bond donors (Lipinski definition) is 2. The molecule has 0 unspecified atom stereocenters. The Morgan fingerprint density at radius 3 is 2.75 bits per heavy atom. The topological polar surface area (TPSA) is 72.0 Å². The van der Waals surface area contributed by atoms with Gasteiger partial charge in [0.2, 0.25) is 6.79 Å². The van der Waals surface area contributed by atoms with E-state index in [1.165, 1.54) is 0 Å². The van der Waals surface area contributed by atoms with Crippen molar-refractivity contribution in [2.45, 2.75) is 13.0 Å². The second-order valence-corrected chi connectivity index (χ2v) is 5.66. The molecule has 0 saturated carbocycles. The minimum Gasteiger partial charge on any atom is -0.454 e. The lowest BCUT2D eigenvalue weighted by atomic mass is 10.2. The van der Waals surface area contributed by atoms with Crippen LogP contribution in [-0.4, -0.2) is 25.0 Å². The fourth-order valence-corrected chi connectivity index (χ4v) is 2.25. The molecule has 0 fully saturated rings. The summed E-state index contributed by atoms with van der Waals surface area (Å²) in [7, 11) is 0. The summed E-state index contributed by atoms with van der Waals surface area (Å²) in [5.41, 5.74) is 4.11. The normalized spacial score (nSPS) is 13.8. The summed E-state index contributed by atoms with van der Waals surface area (Å²) >= 11 is 5.83. The summed E-state index contributed by atoms with van der Waals surface area (Å²) in [6, 6.07) is 12.1. The molecule has 2 aromatic carbocycles. The number of hydrazone groups is 1. The van der Waals surface area contributed by atoms with Crippen molar-refractivity contribution in [3.8, 4) is 11.5 Å². The molecule has 1 aliphatic heterocycles. The lowest BCUT2D eigenvalue weighted by Gasteiger charge is -2.13. The van der Waals surface area contributed by atoms with Gasteiger partial charge in [-0.2, -0.15) is 5.10 Å². The predicted molar refractivity (Wildman–Crippen MR) is 92.8 cm³/mol. The van der Waals surface area contributed by atoms with Crippen molar-refractivity contribution in [2.24, 2.45) is 5.10 Å². The van der Waals surface area contributed by atoms with Crippen LogP contribution in [0.5, 0.6) is 11.5 Å². The minimum atomic E-state index is -0.444. The van der Waals surface area contributed by atoms with Crippen molar-refractivity contribution in [1.29, 1.82) is 0 Å². The van der Waals surface area contributed by atoms with Crippen LogP contribution in [0.1, 0.15) is 12.5 Å². The second kappa shape index (κ2) is 7.23. The maximum Gasteiger partial charge on any atom is 0.262 e. The van der Waals surface area contributed by atoms with Crippen LogP contribution in [0.15, 0.2) is 47.6 Å². The maximum absolute atomic E-state index is 12.0. The van der Waals surface area contributed by atoms with Crippen LogP contribution in [0.25, 0.3) is 0 Å². The zero-order chi connectivity index (χ0) is 16.9. The van der Waals surface area contributed by atoms with Crippen molar-refractivity contribution in [1.82, 2.24) is 5.43 Å². The van der Waals surface area contributed by atoms with Gasteiger partial charge in [-0.15, -0.1) is 0 Å². The Morgan fingerprint density at radius 2 is 1.96 bits per heavy atom. The van der Waals surface area contributed by atoms with E-state index in [1.807, 2.05) is 18.2 Å². The van der Waals surface area contributed by atoms with Crippen LogP contribution >= 0.6 is 11.6 Å². The largest absolute Gasteiger partial charge is 0.454 e. The minimum absolute atomic E-state index is 0.223. The van der Waals surface area contributed by atoms with E-state index in [-0.39, 0.29) is 12.7 Å². The van der Waals surface area contributed by atoms with Gasteiger partial charge in [0.1, 0.15) is 6.04 Å². The first-order valence-electron chi connectivity index (χ1n) is 7.36. The molecule has 0 bridgehead atoms. The van der Waals surface area contributed by atoms with E-state index in [4.69, 9.17) is 21.1 Å². The average molecular weight is 346 g/mol. The smallest absolute Gasteiger partial charge is 0.262 e. The van der Waals surface area contributed by atoms with Gasteiger partial charge in [-0.25, -0.2) is 5.43 Å². The number of fused-ring (bicyclic) bond motifs is 1. The van der Waals surface area contributed by atoms with Gasteiger partial charge in [-0.05, 0) is 55.0 Å². The third kappa shape index (κ3) is 3.97. The number of carbonyl (C=O) groups is 1. The average Bonchev–Trinajstić information content (AvgIpc) is 3.04. The van der Waals surface area contributed by atoms with E-state index in [0.717, 1.165) is 11.3 Å². The number of carbonyl (C=O) groups excluding carboxylic acids is 1. The predicted octanol–water partition coefficient (Wildman–Crippen LogP) is 3.02. The van der Waals surface area contributed by atoms with Crippen LogP contribution in [0.3, 0.4) is 0 Å². The van der Waals surface area contributed by atoms with Gasteiger partial charge in [-0.3, -0.25) is 4.79 Å². The number of rotatable bonds is 5. The van der Waals surface area contributed by atoms with Crippen LogP contribution in [-0.2, 0) is 4.79 Å². The molecular weight excluding hydrogens is 330 g/mol. The summed E-state index contributed by atoms with van der Waals surface area (Å²) < 4.78 is 10.5. The van der Waals surface area contributed by atoms with Crippen molar-refractivity contribution < 1.29 is 14.3 Å². The summed E-state index contributed by atoms with van der Waals surface area (Å²) in [6.07, 6.45) is 1.55. The fraction of sp³-hybridized carbons (Fsp3) is 0.176. The second-order valence-electron chi connectivity index (χ2n) is 5.22. The van der Waals surface area contributed by atoms with E-state index < -0.39 is 6.04 Å². The Labute approximate surface area is 144 Å². The fourth-order valence-electron chi connectivity index (χ4n) is 2.12. The van der Waals surface area contributed by atoms with E-state index >= 15 is 0 Å². The van der Waals surface area contributed by atoms with Crippen LogP contribution in [0, 0.1) is 0 Å². The molecule has 1 amide bonds. The molecule has 7 heteroatoms. The summed E-state index contributed by atoms with van der Waals surface area (Å²) in [5.74, 6) is 1.13. The Hall–Kier alpha value is -2.73. The highest BCUT2D eigenvalue weighted by Crippen LogP contribution is 2.31. The molecule has 1 heterocycles. The number of halogens is 1. The first-order chi connectivity index (χ1) is 11.6. The quantitative estimate of drug-likeness (QED) is 0.645. The van der Waals surface area contributed by atoms with Gasteiger partial charge in [0.05, 0.1) is 6.21 Å². The Kier molecular flexibility index (Phi) is 4.86. The lowest BCUT2D eigenvalue weighted by Crippen LogP contribution is -2.34. The summed E-state index contributed by atoms with van der Waals surface area (Å²) in [6.45, 7) is 1.97. The first-order valence-corrected chi connectivity index (χ1v) is 7.74. The summed E-state index contributed by atoms with van der Waals surface area (Å²) in [5, 5.41) is 7.68. The number of ether oxygens (including phenoxy) is 2. The van der Waals surface area contributed by atoms with Gasteiger partial charge >= 0.3 is 0 Å². The zero-order valence-electron chi connectivity index (χ0n) is 13.0. The third-order valence-electron chi connectivity index (χ3n) is 3.41. The molecule has 0 spiro atoms. The van der Waals surface area contributed by atoms with Crippen LogP contribution in [0.4, 0.5) is 5.69 Å². The molecule has 1 atom stereocenters. The van der Waals surface area contributed by atoms with Gasteiger partial charge < -0.3 is 14.8 Å². The summed E-state index contributed by atoms with van der Waals surface area (Å²) in [4.78, 5) is 12.0. The molecule has 6 nitrogen and oxygen atoms in total. The molecule has 24 heavy (non-hydrogen) atoms. The zero-order valence-corrected chi connectivity index (χ0v) is 13.7. The lowest BCUT2D eigenvalue weighted by molar-refractivity contribution is -0.121. The number of amides is 1. The molecule has 2 aromatic rings. The van der Waals surface area contributed by atoms with Gasteiger partial charge in [0.15, 0.2) is 11.5 Å². The first kappa shape index (κ1) is 16.1. The maximum atomic E-state index is 12.0. The highest BCUT2D eigenvalue weighted by atomic mass is 35.5. The number of anilines is 1. The van der Waals surface area contributed by atoms with Crippen LogP contribution < -0.4 is 20.2 Å². The molecule has 0 aromatic heterocycles. The highest BCUT2D eigenvalue weighted by Gasteiger charge is 2.13. The van der Waals surface area contributed by atoms with E-state index in [9.17, 15) is 4.79 Å². The van der Waals surface area contributed by atoms with Gasteiger partial charge in [0.25, 0.3) is 5.91 Å². The molecular formula is C17H16ClN3O3. The van der Waals surface area contributed by atoms with Gasteiger partial charge in [-0.1, -0.05) is 11.6 Å². The molecule has 0 saturated heterocycles. The monoisotopic (exact) mass is 345 g/mol. The molecule has 1 aliphatic rings. The molecule has 0 radical (unpaired) electrons. The molecule has 0 aliphatic carbocycles. The Morgan fingerprint density at radius 1 is 1.21 bits per heavy atom. The van der Waals surface area contributed by atoms with Crippen molar-refractivity contribution in [2.75, 3.05) is 12.1 Å². The van der Waals surface area contributed by atoms with Crippen molar-refractivity contribution in [3.63, 3.8) is 0 Å². The number of benzene rings is 2. The number of hydrogen-bond acceptors (Lipinski definition) is 5. The van der Waals surface area contributed by atoms with Crippen LogP contribution in [0.2, 0.25) is 5.02 Å². The van der Waals surface area contributed by atoms with Gasteiger partial charge in [0, 0.05) is 10.7 Å². The van der Waals surface area contributed by atoms with Crippen molar-refractivity contribution >= 4 is 29.4 Å². The molecule has 124 valence electrons. The SMILES string of the molecule is C[C@H](Nc1ccc(Cl)cc1)C(=O)N/N=C\c1ccc2c(c1)OCO2. The third-order valence-corrected chi connectivity index (χ3v) is 3.66. The van der Waals surface area contributed by atoms with Crippen molar-refractivity contribution in [3.05, 3.63) is 53.1 Å². The Balaban J connectivity index is 1.53. The van der Waals surface area contributed by atoms with E-state index in [0.29, 0.717) is 16.5 Å². The number of nitrogens with zero attached hydrogens (tertiary/aromatic N) is 1. The van der Waals surface area contributed by atoms with E-state index in [1.54, 1.807) is 37.4 Å². The van der Waals surface area contributed by atoms with E-state index in [2.05, 4.69) is 15.8 Å². The molecule has 2 N–H and O–H groups in total. The standard InChI is InChI=1S/C17H16ClN3O3/c1-11(20-14-5-3-13(18)4-6-14)17(22)21-19-9-12-2-7-15-16(8-12)24-10-23-15/h2-9,11,20H,10H2,1H3,(H,21,22)/b19-9-/t11-/m0/s1.